The lowest BCUT2D eigenvalue weighted by atomic mass is 10.0. The molecule has 0 fully saturated rings. The molecule has 0 aromatic rings. The maximum Gasteiger partial charge on any atom is 0.328 e. The molecule has 4 atom stereocenters. The van der Waals surface area contributed by atoms with E-state index in [0.717, 1.165) is 0 Å². The number of amides is 3. The van der Waals surface area contributed by atoms with Gasteiger partial charge in [-0.05, 0) is 25.2 Å². The Labute approximate surface area is 189 Å². The molecule has 4 unspecified atom stereocenters. The van der Waals surface area contributed by atoms with Crippen LogP contribution in [0.4, 0.5) is 0 Å². The van der Waals surface area contributed by atoms with Gasteiger partial charge in [0.2, 0.25) is 17.7 Å². The Kier molecular flexibility index (Phi) is 13.3. The molecule has 0 bridgehead atoms. The van der Waals surface area contributed by atoms with Crippen LogP contribution in [0.1, 0.15) is 46.0 Å². The summed E-state index contributed by atoms with van der Waals surface area (Å²) < 4.78 is 0. The summed E-state index contributed by atoms with van der Waals surface area (Å²) in [5.41, 5.74) is 5.78. The second kappa shape index (κ2) is 14.7. The summed E-state index contributed by atoms with van der Waals surface area (Å²) >= 11 is 0. The second-order valence-corrected chi connectivity index (χ2v) is 7.81. The quantitative estimate of drug-likeness (QED) is 0.117. The van der Waals surface area contributed by atoms with Crippen molar-refractivity contribution in [2.45, 2.75) is 70.1 Å². The molecule has 9 N–H and O–H groups in total. The lowest BCUT2D eigenvalue weighted by molar-refractivity contribution is -0.144. The van der Waals surface area contributed by atoms with Crippen LogP contribution in [0.15, 0.2) is 0 Å². The number of aliphatic hydroxyl groups is 1. The van der Waals surface area contributed by atoms with Gasteiger partial charge in [0.1, 0.15) is 18.1 Å². The molecule has 0 heterocycles. The van der Waals surface area contributed by atoms with Gasteiger partial charge in [0.05, 0.1) is 12.6 Å². The van der Waals surface area contributed by atoms with E-state index in [4.69, 9.17) is 26.2 Å². The van der Waals surface area contributed by atoms with Crippen molar-refractivity contribution in [3.63, 3.8) is 0 Å². The van der Waals surface area contributed by atoms with Gasteiger partial charge in [-0.15, -0.1) is 0 Å². The van der Waals surface area contributed by atoms with E-state index in [9.17, 15) is 28.8 Å². The van der Waals surface area contributed by atoms with Gasteiger partial charge in [0, 0.05) is 12.8 Å². The lowest BCUT2D eigenvalue weighted by Gasteiger charge is -2.25. The van der Waals surface area contributed by atoms with Crippen molar-refractivity contribution < 1.29 is 49.2 Å². The molecule has 0 aliphatic heterocycles. The molecule has 188 valence electrons. The zero-order valence-electron chi connectivity index (χ0n) is 18.4. The van der Waals surface area contributed by atoms with Crippen LogP contribution in [0.3, 0.4) is 0 Å². The van der Waals surface area contributed by atoms with E-state index >= 15 is 0 Å². The van der Waals surface area contributed by atoms with Crippen molar-refractivity contribution in [3.05, 3.63) is 0 Å². The van der Waals surface area contributed by atoms with E-state index in [1.54, 1.807) is 0 Å². The monoisotopic (exact) mass is 476 g/mol. The van der Waals surface area contributed by atoms with Gasteiger partial charge in [-0.2, -0.15) is 0 Å². The largest absolute Gasteiger partial charge is 0.481 e. The van der Waals surface area contributed by atoms with Crippen molar-refractivity contribution in [3.8, 4) is 0 Å². The fourth-order valence-corrected chi connectivity index (χ4v) is 2.70. The third kappa shape index (κ3) is 12.4. The summed E-state index contributed by atoms with van der Waals surface area (Å²) in [6.45, 7) is 2.69. The fourth-order valence-electron chi connectivity index (χ4n) is 2.70. The Morgan fingerprint density at radius 3 is 1.45 bits per heavy atom. The van der Waals surface area contributed by atoms with Gasteiger partial charge < -0.3 is 42.1 Å². The summed E-state index contributed by atoms with van der Waals surface area (Å²) in [6.07, 6.45) is -1.56. The van der Waals surface area contributed by atoms with Crippen molar-refractivity contribution in [1.29, 1.82) is 0 Å². The van der Waals surface area contributed by atoms with E-state index < -0.39 is 85.7 Å². The number of aliphatic carboxylic acids is 3. The average Bonchev–Trinajstić information content (AvgIpc) is 2.70. The van der Waals surface area contributed by atoms with Crippen LogP contribution in [0.25, 0.3) is 0 Å². The van der Waals surface area contributed by atoms with E-state index in [1.165, 1.54) is 0 Å². The fraction of sp³-hybridized carbons (Fsp3) is 0.684. The molecule has 0 saturated heterocycles. The Bertz CT molecular complexity index is 727. The number of rotatable bonds is 16. The first kappa shape index (κ1) is 29.7. The smallest absolute Gasteiger partial charge is 0.328 e. The van der Waals surface area contributed by atoms with Gasteiger partial charge in [-0.3, -0.25) is 24.0 Å². The van der Waals surface area contributed by atoms with Gasteiger partial charge in [0.15, 0.2) is 0 Å². The number of carbonyl (C=O) groups is 6. The highest BCUT2D eigenvalue weighted by atomic mass is 16.4. The van der Waals surface area contributed by atoms with E-state index in [0.29, 0.717) is 6.42 Å². The van der Waals surface area contributed by atoms with Crippen LogP contribution >= 0.6 is 0 Å². The number of carboxylic acid groups (broad SMARTS) is 3. The first-order valence-electron chi connectivity index (χ1n) is 10.2. The summed E-state index contributed by atoms with van der Waals surface area (Å²) in [5, 5.41) is 42.3. The molecule has 0 saturated carbocycles. The zero-order valence-corrected chi connectivity index (χ0v) is 18.4. The van der Waals surface area contributed by atoms with Gasteiger partial charge >= 0.3 is 17.9 Å². The molecule has 14 heteroatoms. The predicted molar refractivity (Wildman–Crippen MR) is 112 cm³/mol. The topological polar surface area (TPSA) is 245 Å². The maximum absolute atomic E-state index is 12.7. The Morgan fingerprint density at radius 1 is 0.727 bits per heavy atom. The molecule has 0 aliphatic rings. The standard InChI is InChI=1S/C19H32N4O10/c1-9(2)7-10(20)16(29)21-11(3-5-14(25)26)17(30)22-12(4-6-15(27)28)18(31)23-13(8-24)19(32)33/h9-13,24H,3-8,20H2,1-2H3,(H,21,29)(H,22,30)(H,23,31)(H,25,26)(H,27,28)(H,32,33). The number of carbonyl (C=O) groups excluding carboxylic acids is 3. The second-order valence-electron chi connectivity index (χ2n) is 7.81. The third-order valence-electron chi connectivity index (χ3n) is 4.42. The number of aliphatic hydroxyl groups excluding tert-OH is 1. The average molecular weight is 476 g/mol. The summed E-state index contributed by atoms with van der Waals surface area (Å²) in [5.74, 6) is -6.81. The zero-order chi connectivity index (χ0) is 25.7. The lowest BCUT2D eigenvalue weighted by Crippen LogP contribution is -2.57. The van der Waals surface area contributed by atoms with E-state index in [1.807, 2.05) is 19.2 Å². The Morgan fingerprint density at radius 2 is 1.12 bits per heavy atom. The van der Waals surface area contributed by atoms with Crippen LogP contribution < -0.4 is 21.7 Å². The highest BCUT2D eigenvalue weighted by Gasteiger charge is 2.30. The van der Waals surface area contributed by atoms with Gasteiger partial charge in [-0.25, -0.2) is 4.79 Å². The SMILES string of the molecule is CC(C)CC(N)C(=O)NC(CCC(=O)O)C(=O)NC(CCC(=O)O)C(=O)NC(CO)C(=O)O. The van der Waals surface area contributed by atoms with Crippen LogP contribution in [0.5, 0.6) is 0 Å². The van der Waals surface area contributed by atoms with Gasteiger partial charge in [-0.1, -0.05) is 13.8 Å². The summed E-state index contributed by atoms with van der Waals surface area (Å²) in [6, 6.07) is -5.61. The van der Waals surface area contributed by atoms with E-state index in [-0.39, 0.29) is 12.3 Å². The third-order valence-corrected chi connectivity index (χ3v) is 4.42. The van der Waals surface area contributed by atoms with Crippen molar-refractivity contribution in [2.75, 3.05) is 6.61 Å². The predicted octanol–water partition coefficient (Wildman–Crippen LogP) is -2.38. The molecular weight excluding hydrogens is 444 g/mol. The maximum atomic E-state index is 12.7. The summed E-state index contributed by atoms with van der Waals surface area (Å²) in [7, 11) is 0. The van der Waals surface area contributed by atoms with Crippen molar-refractivity contribution in [1.82, 2.24) is 16.0 Å². The molecule has 0 aromatic heterocycles. The van der Waals surface area contributed by atoms with Crippen molar-refractivity contribution in [2.24, 2.45) is 11.7 Å². The Hall–Kier alpha value is -3.26. The molecule has 0 radical (unpaired) electrons. The summed E-state index contributed by atoms with van der Waals surface area (Å²) in [4.78, 5) is 70.3. The Balaban J connectivity index is 5.53. The molecule has 0 aliphatic carbocycles. The molecule has 33 heavy (non-hydrogen) atoms. The molecule has 0 rings (SSSR count). The first-order valence-corrected chi connectivity index (χ1v) is 10.2. The minimum absolute atomic E-state index is 0.0647. The van der Waals surface area contributed by atoms with Gasteiger partial charge in [0.25, 0.3) is 0 Å². The van der Waals surface area contributed by atoms with Crippen LogP contribution in [0.2, 0.25) is 0 Å². The minimum Gasteiger partial charge on any atom is -0.481 e. The molecule has 0 spiro atoms. The molecule has 0 aromatic carbocycles. The highest BCUT2D eigenvalue weighted by Crippen LogP contribution is 2.06. The number of hydrogen-bond acceptors (Lipinski definition) is 8. The number of hydrogen-bond donors (Lipinski definition) is 8. The van der Waals surface area contributed by atoms with Crippen LogP contribution in [-0.2, 0) is 28.8 Å². The van der Waals surface area contributed by atoms with Crippen LogP contribution in [-0.4, -0.2) is 86.8 Å². The highest BCUT2D eigenvalue weighted by molar-refractivity contribution is 5.94. The first-order chi connectivity index (χ1) is 15.3. The molecular formula is C19H32N4O10. The van der Waals surface area contributed by atoms with E-state index in [2.05, 4.69) is 10.6 Å². The number of carboxylic acids is 3. The van der Waals surface area contributed by atoms with Crippen molar-refractivity contribution >= 4 is 35.6 Å². The normalized spacial score (nSPS) is 14.5. The number of nitrogens with one attached hydrogen (secondary N) is 3. The molecule has 3 amide bonds. The van der Waals surface area contributed by atoms with Crippen LogP contribution in [0, 0.1) is 5.92 Å². The number of nitrogens with two attached hydrogens (primary N) is 1. The molecule has 14 nitrogen and oxygen atoms in total. The minimum atomic E-state index is -1.70.